The van der Waals surface area contributed by atoms with E-state index < -0.39 is 0 Å². The van der Waals surface area contributed by atoms with Crippen LogP contribution in [-0.4, -0.2) is 52.0 Å². The predicted molar refractivity (Wildman–Crippen MR) is 148 cm³/mol. The number of carbonyl (C=O) groups is 1. The summed E-state index contributed by atoms with van der Waals surface area (Å²) in [7, 11) is 0. The number of carbonyl (C=O) groups excluding carboxylic acids is 1. The van der Waals surface area contributed by atoms with Gasteiger partial charge in [0.2, 0.25) is 5.91 Å². The molecule has 0 radical (unpaired) electrons. The molecule has 1 amide bonds. The number of fused-ring (bicyclic) bond motifs is 1. The van der Waals surface area contributed by atoms with Gasteiger partial charge in [-0.1, -0.05) is 24.2 Å². The number of benzene rings is 2. The van der Waals surface area contributed by atoms with Crippen molar-refractivity contribution in [3.8, 4) is 11.5 Å². The highest BCUT2D eigenvalue weighted by Crippen LogP contribution is 2.35. The quantitative estimate of drug-likeness (QED) is 0.255. The van der Waals surface area contributed by atoms with E-state index >= 15 is 0 Å². The minimum atomic E-state index is -0.337. The van der Waals surface area contributed by atoms with Crippen molar-refractivity contribution in [1.29, 1.82) is 0 Å². The van der Waals surface area contributed by atoms with Crippen LogP contribution in [0.15, 0.2) is 73.7 Å². The molecule has 0 atom stereocenters. The molecule has 9 nitrogen and oxygen atoms in total. The molecule has 0 aliphatic carbocycles. The summed E-state index contributed by atoms with van der Waals surface area (Å²) in [6.07, 6.45) is 5.63. The lowest BCUT2D eigenvalue weighted by Gasteiger charge is -2.30. The fraction of sp³-hybridized carbons (Fsp3) is 0.214. The molecule has 4 aromatic rings. The Morgan fingerprint density at radius 1 is 1.08 bits per heavy atom. The molecule has 1 saturated heterocycles. The van der Waals surface area contributed by atoms with Crippen LogP contribution in [0.3, 0.4) is 0 Å². The van der Waals surface area contributed by atoms with Gasteiger partial charge in [0.15, 0.2) is 0 Å². The molecule has 2 N–H and O–H groups in total. The van der Waals surface area contributed by atoms with Gasteiger partial charge in [0.1, 0.15) is 36.9 Å². The zero-order valence-electron chi connectivity index (χ0n) is 20.7. The van der Waals surface area contributed by atoms with Crippen LogP contribution in [-0.2, 0) is 11.4 Å². The number of nitrogens with one attached hydrogen (secondary N) is 2. The third-order valence-corrected chi connectivity index (χ3v) is 6.39. The highest BCUT2D eigenvalue weighted by atomic mass is 35.5. The van der Waals surface area contributed by atoms with Crippen LogP contribution in [0.5, 0.6) is 11.5 Å². The second-order valence-corrected chi connectivity index (χ2v) is 9.11. The molecule has 194 valence electrons. The number of rotatable bonds is 11. The Hall–Kier alpha value is -4.21. The summed E-state index contributed by atoms with van der Waals surface area (Å²) in [5, 5.41) is 7.27. The highest BCUT2D eigenvalue weighted by Gasteiger charge is 2.16. The lowest BCUT2D eigenvalue weighted by molar-refractivity contribution is -0.111. The highest BCUT2D eigenvalue weighted by molar-refractivity contribution is 6.32. The summed E-state index contributed by atoms with van der Waals surface area (Å²) in [5.41, 5.74) is 2.70. The number of anilines is 3. The van der Waals surface area contributed by atoms with E-state index in [2.05, 4.69) is 37.1 Å². The Balaban J connectivity index is 1.36. The predicted octanol–water partition coefficient (Wildman–Crippen LogP) is 5.21. The van der Waals surface area contributed by atoms with Crippen molar-refractivity contribution in [2.45, 2.75) is 13.0 Å². The molecular weight excluding hydrogens is 504 g/mol. The molecule has 0 unspecified atom stereocenters. The summed E-state index contributed by atoms with van der Waals surface area (Å²) in [5.74, 6) is 1.30. The maximum absolute atomic E-state index is 12.1. The van der Waals surface area contributed by atoms with Gasteiger partial charge in [-0.3, -0.25) is 14.7 Å². The van der Waals surface area contributed by atoms with Gasteiger partial charge in [-0.2, -0.15) is 0 Å². The smallest absolute Gasteiger partial charge is 0.247 e. The van der Waals surface area contributed by atoms with Gasteiger partial charge in [-0.25, -0.2) is 9.97 Å². The van der Waals surface area contributed by atoms with Gasteiger partial charge in [0.25, 0.3) is 0 Å². The third-order valence-electron chi connectivity index (χ3n) is 6.09. The van der Waals surface area contributed by atoms with E-state index in [0.29, 0.717) is 57.8 Å². The van der Waals surface area contributed by atoms with E-state index in [1.54, 1.807) is 30.5 Å². The van der Waals surface area contributed by atoms with Gasteiger partial charge in [-0.15, -0.1) is 0 Å². The standard InChI is InChI=1S/C28H27ClN6O3/c1-2-27(36)34-24-15-21-23(16-26(24)37-13-12-35-10-5-11-35)31-18-32-28(21)33-19-7-8-25(22(29)14-19)38-17-20-6-3-4-9-30-20/h2-4,6-9,14-16,18H,1,5,10-13,17H2,(H,34,36)(H,31,32,33). The molecule has 38 heavy (non-hydrogen) atoms. The molecule has 3 heterocycles. The lowest BCUT2D eigenvalue weighted by Crippen LogP contribution is -2.39. The Morgan fingerprint density at radius 3 is 2.71 bits per heavy atom. The van der Waals surface area contributed by atoms with Gasteiger partial charge in [0, 0.05) is 29.9 Å². The van der Waals surface area contributed by atoms with Crippen LogP contribution >= 0.6 is 11.6 Å². The third kappa shape index (κ3) is 6.19. The first-order valence-corrected chi connectivity index (χ1v) is 12.6. The van der Waals surface area contributed by atoms with E-state index in [-0.39, 0.29) is 5.91 Å². The topological polar surface area (TPSA) is 102 Å². The first-order valence-electron chi connectivity index (χ1n) is 12.3. The van der Waals surface area contributed by atoms with Crippen molar-refractivity contribution < 1.29 is 14.3 Å². The molecule has 5 rings (SSSR count). The number of halogens is 1. The van der Waals surface area contributed by atoms with Gasteiger partial charge in [-0.05, 0) is 62.0 Å². The van der Waals surface area contributed by atoms with E-state index in [1.807, 2.05) is 24.3 Å². The van der Waals surface area contributed by atoms with Crippen LogP contribution in [0.2, 0.25) is 5.02 Å². The first-order chi connectivity index (χ1) is 18.6. The van der Waals surface area contributed by atoms with E-state index in [9.17, 15) is 4.79 Å². The Morgan fingerprint density at radius 2 is 1.97 bits per heavy atom. The lowest BCUT2D eigenvalue weighted by atomic mass is 10.1. The minimum Gasteiger partial charge on any atom is -0.490 e. The molecule has 2 aromatic heterocycles. The summed E-state index contributed by atoms with van der Waals surface area (Å²) in [6, 6.07) is 14.6. The average Bonchev–Trinajstić information content (AvgIpc) is 2.90. The number of hydrogen-bond acceptors (Lipinski definition) is 8. The Labute approximate surface area is 225 Å². The van der Waals surface area contributed by atoms with Gasteiger partial charge in [0.05, 0.1) is 21.9 Å². The van der Waals surface area contributed by atoms with Crippen molar-refractivity contribution in [1.82, 2.24) is 19.9 Å². The molecule has 1 aliphatic heterocycles. The number of ether oxygens (including phenoxy) is 2. The molecular formula is C28H27ClN6O3. The molecule has 0 bridgehead atoms. The van der Waals surface area contributed by atoms with Crippen molar-refractivity contribution in [3.63, 3.8) is 0 Å². The van der Waals surface area contributed by atoms with Crippen LogP contribution in [0.1, 0.15) is 12.1 Å². The maximum Gasteiger partial charge on any atom is 0.247 e. The van der Waals surface area contributed by atoms with Gasteiger partial charge < -0.3 is 20.1 Å². The molecule has 2 aromatic carbocycles. The largest absolute Gasteiger partial charge is 0.490 e. The first kappa shape index (κ1) is 25.4. The SMILES string of the molecule is C=CC(=O)Nc1cc2c(Nc3ccc(OCc4ccccn4)c(Cl)c3)ncnc2cc1OCCN1CCC1. The molecule has 1 fully saturated rings. The van der Waals surface area contributed by atoms with Crippen LogP contribution in [0, 0.1) is 0 Å². The number of pyridine rings is 1. The van der Waals surface area contributed by atoms with Crippen LogP contribution < -0.4 is 20.1 Å². The molecule has 0 saturated carbocycles. The number of amides is 1. The molecule has 10 heteroatoms. The number of aromatic nitrogens is 3. The second-order valence-electron chi connectivity index (χ2n) is 8.70. The average molecular weight is 531 g/mol. The number of nitrogens with zero attached hydrogens (tertiary/aromatic N) is 4. The van der Waals surface area contributed by atoms with Crippen molar-refractivity contribution in [2.24, 2.45) is 0 Å². The molecule has 0 spiro atoms. The summed E-state index contributed by atoms with van der Waals surface area (Å²) in [6.45, 7) is 7.37. The van der Waals surface area contributed by atoms with E-state index in [1.165, 1.54) is 18.8 Å². The summed E-state index contributed by atoms with van der Waals surface area (Å²) >= 11 is 6.49. The zero-order valence-corrected chi connectivity index (χ0v) is 21.4. The summed E-state index contributed by atoms with van der Waals surface area (Å²) in [4.78, 5) is 27.5. The zero-order chi connectivity index (χ0) is 26.3. The van der Waals surface area contributed by atoms with Crippen molar-refractivity contribution in [2.75, 3.05) is 36.9 Å². The van der Waals surface area contributed by atoms with Crippen molar-refractivity contribution >= 4 is 45.6 Å². The van der Waals surface area contributed by atoms with Crippen molar-refractivity contribution in [3.05, 3.63) is 84.4 Å². The Bertz CT molecular complexity index is 1450. The Kier molecular flexibility index (Phi) is 7.96. The fourth-order valence-corrected chi connectivity index (χ4v) is 4.18. The second kappa shape index (κ2) is 11.9. The van der Waals surface area contributed by atoms with E-state index in [4.69, 9.17) is 21.1 Å². The normalized spacial score (nSPS) is 13.0. The summed E-state index contributed by atoms with van der Waals surface area (Å²) < 4.78 is 11.9. The minimum absolute atomic E-state index is 0.311. The maximum atomic E-state index is 12.1. The van der Waals surface area contributed by atoms with Gasteiger partial charge >= 0.3 is 0 Å². The van der Waals surface area contributed by atoms with Crippen LogP contribution in [0.25, 0.3) is 10.9 Å². The van der Waals surface area contributed by atoms with Crippen LogP contribution in [0.4, 0.5) is 17.2 Å². The molecule has 1 aliphatic rings. The number of hydrogen-bond donors (Lipinski definition) is 2. The monoisotopic (exact) mass is 530 g/mol. The number of likely N-dealkylation sites (tertiary alicyclic amines) is 1. The fourth-order valence-electron chi connectivity index (χ4n) is 3.94. The van der Waals surface area contributed by atoms with E-state index in [0.717, 1.165) is 25.3 Å².